The van der Waals surface area contributed by atoms with Crippen LogP contribution >= 0.6 is 15.9 Å². The van der Waals surface area contributed by atoms with Crippen LogP contribution in [0.25, 0.3) is 11.3 Å². The predicted molar refractivity (Wildman–Crippen MR) is 106 cm³/mol. The van der Waals surface area contributed by atoms with Crippen molar-refractivity contribution < 1.29 is 14.2 Å². The number of rotatable bonds is 6. The number of nitrogens with one attached hydrogen (secondary N) is 1. The van der Waals surface area contributed by atoms with Gasteiger partial charge < -0.3 is 19.5 Å². The third kappa shape index (κ3) is 3.35. The van der Waals surface area contributed by atoms with Crippen molar-refractivity contribution >= 4 is 27.3 Å². The number of ether oxygens (including phenoxy) is 3. The fourth-order valence-electron chi connectivity index (χ4n) is 2.83. The molecule has 0 aliphatic carbocycles. The Bertz CT molecular complexity index is 905. The maximum atomic E-state index is 5.53. The fraction of sp³-hybridized carbons (Fsp3) is 0.211. The summed E-state index contributed by atoms with van der Waals surface area (Å²) in [5, 5.41) is 7.66. The van der Waals surface area contributed by atoms with E-state index in [1.807, 2.05) is 42.1 Å². The molecule has 0 saturated carbocycles. The number of anilines is 2. The number of aryl methyl sites for hydroxylation is 1. The first-order valence-corrected chi connectivity index (χ1v) is 8.72. The molecule has 2 aromatic carbocycles. The van der Waals surface area contributed by atoms with E-state index in [1.165, 1.54) is 0 Å². The average Bonchev–Trinajstić information content (AvgIpc) is 2.99. The molecule has 0 atom stereocenters. The second kappa shape index (κ2) is 7.70. The first-order chi connectivity index (χ1) is 12.6. The highest BCUT2D eigenvalue weighted by Gasteiger charge is 2.16. The van der Waals surface area contributed by atoms with Crippen molar-refractivity contribution in [2.75, 3.05) is 26.6 Å². The number of methoxy groups -OCH3 is 3. The van der Waals surface area contributed by atoms with Crippen LogP contribution < -0.4 is 19.5 Å². The number of benzene rings is 2. The summed E-state index contributed by atoms with van der Waals surface area (Å²) >= 11 is 3.55. The minimum Gasteiger partial charge on any atom is -0.493 e. The Kier molecular flexibility index (Phi) is 5.37. The van der Waals surface area contributed by atoms with Gasteiger partial charge in [0.1, 0.15) is 0 Å². The summed E-state index contributed by atoms with van der Waals surface area (Å²) in [4.78, 5) is 0. The van der Waals surface area contributed by atoms with E-state index in [0.717, 1.165) is 27.1 Å². The molecule has 7 heteroatoms. The predicted octanol–water partition coefficient (Wildman–Crippen LogP) is 4.62. The van der Waals surface area contributed by atoms with Crippen LogP contribution in [0.3, 0.4) is 0 Å². The number of hydrogen-bond donors (Lipinski definition) is 1. The summed E-state index contributed by atoms with van der Waals surface area (Å²) in [6.07, 6.45) is 1.78. The third-order valence-electron chi connectivity index (χ3n) is 4.01. The molecule has 0 saturated heterocycles. The molecule has 0 amide bonds. The van der Waals surface area contributed by atoms with Crippen LogP contribution in [0.1, 0.15) is 0 Å². The molecule has 1 aromatic heterocycles. The molecule has 1 heterocycles. The van der Waals surface area contributed by atoms with Crippen LogP contribution in [0.2, 0.25) is 0 Å². The van der Waals surface area contributed by atoms with Gasteiger partial charge in [-0.05, 0) is 40.2 Å². The van der Waals surface area contributed by atoms with Crippen molar-refractivity contribution in [3.05, 3.63) is 47.1 Å². The molecule has 6 nitrogen and oxygen atoms in total. The highest BCUT2D eigenvalue weighted by molar-refractivity contribution is 9.10. The molecule has 0 spiro atoms. The van der Waals surface area contributed by atoms with Crippen LogP contribution in [0.5, 0.6) is 17.2 Å². The van der Waals surface area contributed by atoms with Gasteiger partial charge in [0.15, 0.2) is 11.5 Å². The van der Waals surface area contributed by atoms with Gasteiger partial charge in [-0.1, -0.05) is 12.1 Å². The van der Waals surface area contributed by atoms with E-state index in [-0.39, 0.29) is 0 Å². The highest BCUT2D eigenvalue weighted by atomic mass is 79.9. The topological polar surface area (TPSA) is 57.5 Å². The third-order valence-corrected chi connectivity index (χ3v) is 4.59. The van der Waals surface area contributed by atoms with Gasteiger partial charge in [0.05, 0.1) is 43.4 Å². The molecule has 1 N–H and O–H groups in total. The largest absolute Gasteiger partial charge is 0.493 e. The van der Waals surface area contributed by atoms with E-state index < -0.39 is 0 Å². The minimum atomic E-state index is 0.547. The average molecular weight is 418 g/mol. The summed E-state index contributed by atoms with van der Waals surface area (Å²) in [6, 6.07) is 11.8. The minimum absolute atomic E-state index is 0.547. The van der Waals surface area contributed by atoms with Gasteiger partial charge in [-0.2, -0.15) is 5.10 Å². The summed E-state index contributed by atoms with van der Waals surface area (Å²) in [7, 11) is 6.70. The van der Waals surface area contributed by atoms with Crippen molar-refractivity contribution in [3.8, 4) is 28.5 Å². The molecule has 0 fully saturated rings. The molecule has 0 bridgehead atoms. The van der Waals surface area contributed by atoms with Crippen LogP contribution in [0.15, 0.2) is 47.1 Å². The molecule has 3 rings (SSSR count). The Labute approximate surface area is 160 Å². The zero-order valence-corrected chi connectivity index (χ0v) is 16.6. The van der Waals surface area contributed by atoms with Crippen LogP contribution in [-0.4, -0.2) is 31.1 Å². The summed E-state index contributed by atoms with van der Waals surface area (Å²) in [5.41, 5.74) is 3.75. The van der Waals surface area contributed by atoms with E-state index in [1.54, 1.807) is 27.5 Å². The number of nitrogens with zero attached hydrogens (tertiary/aromatic N) is 2. The number of hydrogen-bond acceptors (Lipinski definition) is 5. The Morgan fingerprint density at radius 2 is 1.77 bits per heavy atom. The fourth-order valence-corrected chi connectivity index (χ4v) is 3.41. The molecule has 3 aromatic rings. The molecule has 136 valence electrons. The van der Waals surface area contributed by atoms with Crippen molar-refractivity contribution in [2.45, 2.75) is 0 Å². The maximum absolute atomic E-state index is 5.53. The Morgan fingerprint density at radius 1 is 1.00 bits per heavy atom. The van der Waals surface area contributed by atoms with E-state index in [9.17, 15) is 0 Å². The highest BCUT2D eigenvalue weighted by Crippen LogP contribution is 2.43. The Morgan fingerprint density at radius 3 is 2.38 bits per heavy atom. The standard InChI is InChI=1S/C19H20BrN3O3/c1-23-17(14(20)11-21-23)12-6-5-7-13(10-12)22-15-8-9-16(24-2)19(26-4)18(15)25-3/h5-11,22H,1-4H3. The summed E-state index contributed by atoms with van der Waals surface area (Å²) < 4.78 is 19.1. The zero-order chi connectivity index (χ0) is 18.7. The van der Waals surface area contributed by atoms with Crippen LogP contribution in [0, 0.1) is 0 Å². The van der Waals surface area contributed by atoms with Gasteiger partial charge in [0.25, 0.3) is 0 Å². The van der Waals surface area contributed by atoms with Gasteiger partial charge in [0.2, 0.25) is 5.75 Å². The van der Waals surface area contributed by atoms with Crippen LogP contribution in [0.4, 0.5) is 11.4 Å². The smallest absolute Gasteiger partial charge is 0.205 e. The monoisotopic (exact) mass is 417 g/mol. The van der Waals surface area contributed by atoms with Gasteiger partial charge >= 0.3 is 0 Å². The second-order valence-electron chi connectivity index (χ2n) is 5.55. The van der Waals surface area contributed by atoms with E-state index in [0.29, 0.717) is 17.2 Å². The molecule has 26 heavy (non-hydrogen) atoms. The number of halogens is 1. The lowest BCUT2D eigenvalue weighted by Gasteiger charge is -2.17. The molecule has 0 aliphatic rings. The van der Waals surface area contributed by atoms with E-state index in [2.05, 4.69) is 32.4 Å². The van der Waals surface area contributed by atoms with Crippen molar-refractivity contribution in [2.24, 2.45) is 7.05 Å². The normalized spacial score (nSPS) is 10.5. The second-order valence-corrected chi connectivity index (χ2v) is 6.41. The van der Waals surface area contributed by atoms with Crippen LogP contribution in [-0.2, 0) is 7.05 Å². The van der Waals surface area contributed by atoms with Gasteiger partial charge in [-0.15, -0.1) is 0 Å². The molecular weight excluding hydrogens is 398 g/mol. The Hall–Kier alpha value is -2.67. The van der Waals surface area contributed by atoms with Gasteiger partial charge in [-0.25, -0.2) is 0 Å². The van der Waals surface area contributed by atoms with Gasteiger partial charge in [0, 0.05) is 18.3 Å². The van der Waals surface area contributed by atoms with E-state index >= 15 is 0 Å². The van der Waals surface area contributed by atoms with Crippen molar-refractivity contribution in [3.63, 3.8) is 0 Å². The van der Waals surface area contributed by atoms with Crippen molar-refractivity contribution in [1.82, 2.24) is 9.78 Å². The molecule has 0 aliphatic heterocycles. The first kappa shape index (κ1) is 18.1. The number of aromatic nitrogens is 2. The molecule has 0 unspecified atom stereocenters. The SMILES string of the molecule is COc1ccc(Nc2cccc(-c3c(Br)cnn3C)c2)c(OC)c1OC. The van der Waals surface area contributed by atoms with Gasteiger partial charge in [-0.3, -0.25) is 4.68 Å². The van der Waals surface area contributed by atoms with Crippen molar-refractivity contribution in [1.29, 1.82) is 0 Å². The zero-order valence-electron chi connectivity index (χ0n) is 15.0. The summed E-state index contributed by atoms with van der Waals surface area (Å²) in [6.45, 7) is 0. The molecule has 0 radical (unpaired) electrons. The quantitative estimate of drug-likeness (QED) is 0.633. The Balaban J connectivity index is 1.99. The van der Waals surface area contributed by atoms with E-state index in [4.69, 9.17) is 14.2 Å². The lowest BCUT2D eigenvalue weighted by atomic mass is 10.1. The first-order valence-electron chi connectivity index (χ1n) is 7.93. The lowest BCUT2D eigenvalue weighted by Crippen LogP contribution is -2.00. The lowest BCUT2D eigenvalue weighted by molar-refractivity contribution is 0.325. The summed E-state index contributed by atoms with van der Waals surface area (Å²) in [5.74, 6) is 1.74. The maximum Gasteiger partial charge on any atom is 0.205 e. The molecular formula is C19H20BrN3O3.